The second-order valence-electron chi connectivity index (χ2n) is 5.56. The average Bonchev–Trinajstić information content (AvgIpc) is 3.15. The van der Waals surface area contributed by atoms with Gasteiger partial charge in [-0.25, -0.2) is 4.98 Å². The first kappa shape index (κ1) is 15.6. The van der Waals surface area contributed by atoms with Gasteiger partial charge in [0.15, 0.2) is 5.13 Å². The SMILES string of the molecule is CN(C(=O)C#Cc1ccccc1)C1CCN(c2nccs2)CC1. The van der Waals surface area contributed by atoms with Gasteiger partial charge in [-0.05, 0) is 25.0 Å². The lowest BCUT2D eigenvalue weighted by molar-refractivity contribution is -0.126. The van der Waals surface area contributed by atoms with E-state index in [4.69, 9.17) is 0 Å². The van der Waals surface area contributed by atoms with Crippen LogP contribution in [-0.4, -0.2) is 42.0 Å². The van der Waals surface area contributed by atoms with Gasteiger partial charge in [-0.15, -0.1) is 11.3 Å². The summed E-state index contributed by atoms with van der Waals surface area (Å²) in [4.78, 5) is 20.7. The van der Waals surface area contributed by atoms with Gasteiger partial charge in [-0.1, -0.05) is 24.1 Å². The molecule has 0 radical (unpaired) electrons. The minimum absolute atomic E-state index is 0.110. The molecule has 4 nitrogen and oxygen atoms in total. The predicted octanol–water partition coefficient (Wildman–Crippen LogP) is 2.62. The molecular formula is C18H19N3OS. The molecule has 23 heavy (non-hydrogen) atoms. The fourth-order valence-corrected chi connectivity index (χ4v) is 3.41. The van der Waals surface area contributed by atoms with Gasteiger partial charge in [-0.3, -0.25) is 4.79 Å². The van der Waals surface area contributed by atoms with Crippen LogP contribution < -0.4 is 4.90 Å². The number of benzene rings is 1. The van der Waals surface area contributed by atoms with E-state index in [2.05, 4.69) is 21.7 Å². The molecule has 0 bridgehead atoms. The van der Waals surface area contributed by atoms with Gasteiger partial charge in [-0.2, -0.15) is 0 Å². The summed E-state index contributed by atoms with van der Waals surface area (Å²) in [5, 5.41) is 3.07. The number of rotatable bonds is 2. The molecule has 0 aliphatic carbocycles. The lowest BCUT2D eigenvalue weighted by atomic mass is 10.0. The lowest BCUT2D eigenvalue weighted by Crippen LogP contribution is -2.45. The number of carbonyl (C=O) groups excluding carboxylic acids is 1. The third-order valence-corrected chi connectivity index (χ3v) is 4.94. The standard InChI is InChI=1S/C18H19N3OS/c1-20(17(22)8-7-15-5-3-2-4-6-15)16-9-12-21(13-10-16)18-19-11-14-23-18/h2-6,11,14,16H,9-10,12-13H2,1H3. The summed E-state index contributed by atoms with van der Waals surface area (Å²) in [6.45, 7) is 1.86. The first-order valence-corrected chi connectivity index (χ1v) is 8.60. The normalized spacial score (nSPS) is 14.9. The van der Waals surface area contributed by atoms with E-state index in [0.717, 1.165) is 36.6 Å². The molecule has 1 aliphatic rings. The minimum atomic E-state index is -0.110. The monoisotopic (exact) mass is 325 g/mol. The van der Waals surface area contributed by atoms with Crippen molar-refractivity contribution in [3.05, 3.63) is 47.5 Å². The van der Waals surface area contributed by atoms with Gasteiger partial charge in [0.2, 0.25) is 0 Å². The van der Waals surface area contributed by atoms with Crippen molar-refractivity contribution < 1.29 is 4.79 Å². The maximum absolute atomic E-state index is 12.3. The molecule has 0 saturated carbocycles. The Labute approximate surface area is 140 Å². The van der Waals surface area contributed by atoms with E-state index in [-0.39, 0.29) is 11.9 Å². The number of hydrogen-bond acceptors (Lipinski definition) is 4. The number of thiazole rings is 1. The van der Waals surface area contributed by atoms with Gasteiger partial charge in [0.05, 0.1) is 0 Å². The molecule has 1 aliphatic heterocycles. The minimum Gasteiger partial charge on any atom is -0.348 e. The molecular weight excluding hydrogens is 306 g/mol. The van der Waals surface area contributed by atoms with Crippen molar-refractivity contribution in [3.8, 4) is 11.8 Å². The van der Waals surface area contributed by atoms with Crippen LogP contribution in [0.2, 0.25) is 0 Å². The smallest absolute Gasteiger partial charge is 0.298 e. The Balaban J connectivity index is 1.56. The number of carbonyl (C=O) groups is 1. The molecule has 1 amide bonds. The quantitative estimate of drug-likeness (QED) is 0.797. The number of aromatic nitrogens is 1. The molecule has 1 aromatic heterocycles. The van der Waals surface area contributed by atoms with Crippen molar-refractivity contribution in [1.82, 2.24) is 9.88 Å². The van der Waals surface area contributed by atoms with Gasteiger partial charge >= 0.3 is 0 Å². The summed E-state index contributed by atoms with van der Waals surface area (Å²) < 4.78 is 0. The van der Waals surface area contributed by atoms with Crippen LogP contribution in [0.1, 0.15) is 18.4 Å². The van der Waals surface area contributed by atoms with Gasteiger partial charge in [0, 0.05) is 49.2 Å². The molecule has 118 valence electrons. The van der Waals surface area contributed by atoms with Crippen molar-refractivity contribution in [2.24, 2.45) is 0 Å². The van der Waals surface area contributed by atoms with E-state index >= 15 is 0 Å². The van der Waals surface area contributed by atoms with Crippen LogP contribution in [0.25, 0.3) is 0 Å². The highest BCUT2D eigenvalue weighted by atomic mass is 32.1. The molecule has 0 spiro atoms. The first-order chi connectivity index (χ1) is 11.2. The molecule has 3 rings (SSSR count). The van der Waals surface area contributed by atoms with Crippen molar-refractivity contribution >= 4 is 22.4 Å². The summed E-state index contributed by atoms with van der Waals surface area (Å²) in [5.41, 5.74) is 0.868. The van der Waals surface area contributed by atoms with E-state index in [1.54, 1.807) is 16.2 Å². The highest BCUT2D eigenvalue weighted by molar-refractivity contribution is 7.13. The molecule has 1 fully saturated rings. The second-order valence-corrected chi connectivity index (χ2v) is 6.44. The fourth-order valence-electron chi connectivity index (χ4n) is 2.72. The summed E-state index contributed by atoms with van der Waals surface area (Å²) in [7, 11) is 1.85. The molecule has 0 N–H and O–H groups in total. The number of piperidine rings is 1. The summed E-state index contributed by atoms with van der Waals surface area (Å²) in [6.07, 6.45) is 3.74. The van der Waals surface area contributed by atoms with Crippen LogP contribution in [0.4, 0.5) is 5.13 Å². The maximum atomic E-state index is 12.3. The lowest BCUT2D eigenvalue weighted by Gasteiger charge is -2.35. The molecule has 5 heteroatoms. The Morgan fingerprint density at radius 1 is 1.30 bits per heavy atom. The Morgan fingerprint density at radius 3 is 2.70 bits per heavy atom. The van der Waals surface area contributed by atoms with Crippen LogP contribution in [0.3, 0.4) is 0 Å². The summed E-state index contributed by atoms with van der Waals surface area (Å²) in [6, 6.07) is 9.86. The zero-order valence-corrected chi connectivity index (χ0v) is 13.9. The molecule has 2 heterocycles. The van der Waals surface area contributed by atoms with Gasteiger partial charge < -0.3 is 9.80 Å². The van der Waals surface area contributed by atoms with Crippen LogP contribution in [0, 0.1) is 11.8 Å². The molecule has 1 aromatic carbocycles. The predicted molar refractivity (Wildman–Crippen MR) is 93.4 cm³/mol. The van der Waals surface area contributed by atoms with Crippen LogP contribution in [-0.2, 0) is 4.79 Å². The van der Waals surface area contributed by atoms with Crippen LogP contribution >= 0.6 is 11.3 Å². The Hall–Kier alpha value is -2.32. The Kier molecular flexibility index (Phi) is 4.94. The van der Waals surface area contributed by atoms with Gasteiger partial charge in [0.1, 0.15) is 0 Å². The zero-order valence-electron chi connectivity index (χ0n) is 13.1. The topological polar surface area (TPSA) is 36.4 Å². The molecule has 2 aromatic rings. The molecule has 0 unspecified atom stereocenters. The number of nitrogens with zero attached hydrogens (tertiary/aromatic N) is 3. The fraction of sp³-hybridized carbons (Fsp3) is 0.333. The van der Waals surface area contributed by atoms with Crippen molar-refractivity contribution in [2.75, 3.05) is 25.0 Å². The Morgan fingerprint density at radius 2 is 2.04 bits per heavy atom. The third kappa shape index (κ3) is 3.91. The first-order valence-electron chi connectivity index (χ1n) is 7.72. The average molecular weight is 325 g/mol. The second kappa shape index (κ2) is 7.30. The largest absolute Gasteiger partial charge is 0.348 e. The molecule has 1 saturated heterocycles. The van der Waals surface area contributed by atoms with Gasteiger partial charge in [0.25, 0.3) is 5.91 Å². The maximum Gasteiger partial charge on any atom is 0.298 e. The highest BCUT2D eigenvalue weighted by Gasteiger charge is 2.25. The Bertz CT molecular complexity index is 695. The van der Waals surface area contributed by atoms with E-state index in [0.29, 0.717) is 0 Å². The van der Waals surface area contributed by atoms with Crippen LogP contribution in [0.5, 0.6) is 0 Å². The highest BCUT2D eigenvalue weighted by Crippen LogP contribution is 2.23. The van der Waals surface area contributed by atoms with E-state index in [1.165, 1.54) is 0 Å². The molecule has 0 atom stereocenters. The van der Waals surface area contributed by atoms with Crippen molar-refractivity contribution in [3.63, 3.8) is 0 Å². The summed E-state index contributed by atoms with van der Waals surface area (Å²) >= 11 is 1.66. The zero-order chi connectivity index (χ0) is 16.1. The number of amides is 1. The van der Waals surface area contributed by atoms with E-state index in [9.17, 15) is 4.79 Å². The van der Waals surface area contributed by atoms with E-state index < -0.39 is 0 Å². The third-order valence-electron chi connectivity index (χ3n) is 4.11. The summed E-state index contributed by atoms with van der Waals surface area (Å²) in [5.74, 6) is 5.57. The van der Waals surface area contributed by atoms with E-state index in [1.807, 2.05) is 49.0 Å². The number of hydrogen-bond donors (Lipinski definition) is 0. The number of anilines is 1. The van der Waals surface area contributed by atoms with Crippen LogP contribution in [0.15, 0.2) is 41.9 Å². The van der Waals surface area contributed by atoms with Crippen molar-refractivity contribution in [1.29, 1.82) is 0 Å². The van der Waals surface area contributed by atoms with Crippen molar-refractivity contribution in [2.45, 2.75) is 18.9 Å².